The van der Waals surface area contributed by atoms with Crippen LogP contribution in [0.3, 0.4) is 0 Å². The van der Waals surface area contributed by atoms with Gasteiger partial charge in [-0.1, -0.05) is 5.16 Å². The Labute approximate surface area is 104 Å². The van der Waals surface area contributed by atoms with Crippen molar-refractivity contribution in [2.45, 2.75) is 31.4 Å². The van der Waals surface area contributed by atoms with E-state index in [9.17, 15) is 9.59 Å². The molecule has 1 saturated carbocycles. The van der Waals surface area contributed by atoms with E-state index in [2.05, 4.69) is 5.16 Å². The smallest absolute Gasteiger partial charge is 0.353 e. The van der Waals surface area contributed by atoms with Gasteiger partial charge in [-0.05, 0) is 12.8 Å². The summed E-state index contributed by atoms with van der Waals surface area (Å²) in [4.78, 5) is 29.5. The number of carbonyl (C=O) groups is 2. The van der Waals surface area contributed by atoms with Gasteiger partial charge in [0.05, 0.1) is 6.61 Å². The van der Waals surface area contributed by atoms with E-state index in [0.717, 1.165) is 12.8 Å². The molecule has 100 valence electrons. The molecule has 7 nitrogen and oxygen atoms in total. The van der Waals surface area contributed by atoms with Gasteiger partial charge in [0.15, 0.2) is 5.71 Å². The number of hydrogen-bond donors (Lipinski definition) is 1. The highest BCUT2D eigenvalue weighted by atomic mass is 16.6. The second kappa shape index (κ2) is 5.34. The lowest BCUT2D eigenvalue weighted by Gasteiger charge is -2.24. The van der Waals surface area contributed by atoms with Crippen LogP contribution >= 0.6 is 0 Å². The number of carbonyl (C=O) groups excluding carboxylic acids is 1. The van der Waals surface area contributed by atoms with Crippen molar-refractivity contribution in [3.63, 3.8) is 0 Å². The molecule has 1 heterocycles. The number of oxime groups is 1. The standard InChI is InChI=1S/C11H16N2O5/c1-17-5-4-13(7-2-3-7)10(14)9-6-8(11(15)16)12-18-9/h7,9H,2-6H2,1H3,(H,15,16). The van der Waals surface area contributed by atoms with Crippen molar-refractivity contribution < 1.29 is 24.3 Å². The Kier molecular flexibility index (Phi) is 3.81. The molecular formula is C11H16N2O5. The topological polar surface area (TPSA) is 88.4 Å². The molecule has 1 aliphatic heterocycles. The minimum absolute atomic E-state index is 0.0321. The fourth-order valence-corrected chi connectivity index (χ4v) is 1.87. The van der Waals surface area contributed by atoms with Crippen molar-refractivity contribution in [1.82, 2.24) is 4.90 Å². The second-order valence-corrected chi connectivity index (χ2v) is 4.40. The minimum Gasteiger partial charge on any atom is -0.477 e. The molecule has 1 fully saturated rings. The molecule has 0 aromatic heterocycles. The van der Waals surface area contributed by atoms with Gasteiger partial charge in [0.2, 0.25) is 6.10 Å². The van der Waals surface area contributed by atoms with Gasteiger partial charge in [0, 0.05) is 26.1 Å². The molecule has 2 aliphatic rings. The largest absolute Gasteiger partial charge is 0.477 e. The minimum atomic E-state index is -1.14. The maximum atomic E-state index is 12.2. The number of methoxy groups -OCH3 is 1. The summed E-state index contributed by atoms with van der Waals surface area (Å²) in [5.74, 6) is -1.34. The van der Waals surface area contributed by atoms with E-state index >= 15 is 0 Å². The van der Waals surface area contributed by atoms with Crippen LogP contribution in [0, 0.1) is 0 Å². The number of amides is 1. The highest BCUT2D eigenvalue weighted by Gasteiger charge is 2.39. The van der Waals surface area contributed by atoms with Gasteiger partial charge < -0.3 is 19.6 Å². The Morgan fingerprint density at radius 3 is 2.78 bits per heavy atom. The van der Waals surface area contributed by atoms with Gasteiger partial charge in [-0.2, -0.15) is 0 Å². The first-order chi connectivity index (χ1) is 8.63. The number of rotatable bonds is 6. The summed E-state index contributed by atoms with van der Waals surface area (Å²) in [7, 11) is 1.58. The summed E-state index contributed by atoms with van der Waals surface area (Å²) < 4.78 is 4.96. The van der Waals surface area contributed by atoms with E-state index in [1.807, 2.05) is 0 Å². The Bertz CT molecular complexity index is 378. The lowest BCUT2D eigenvalue weighted by Crippen LogP contribution is -2.42. The summed E-state index contributed by atoms with van der Waals surface area (Å²) in [5, 5.41) is 12.2. The van der Waals surface area contributed by atoms with Gasteiger partial charge in [-0.3, -0.25) is 4.79 Å². The third kappa shape index (κ3) is 2.79. The Balaban J connectivity index is 1.92. The van der Waals surface area contributed by atoms with E-state index in [4.69, 9.17) is 14.7 Å². The number of carboxylic acid groups (broad SMARTS) is 1. The van der Waals surface area contributed by atoms with Gasteiger partial charge >= 0.3 is 5.97 Å². The highest BCUT2D eigenvalue weighted by Crippen LogP contribution is 2.28. The van der Waals surface area contributed by atoms with Gasteiger partial charge in [-0.15, -0.1) is 0 Å². The quantitative estimate of drug-likeness (QED) is 0.714. The van der Waals surface area contributed by atoms with Crippen LogP contribution in [0.1, 0.15) is 19.3 Å². The molecule has 1 amide bonds. The second-order valence-electron chi connectivity index (χ2n) is 4.40. The number of aliphatic carboxylic acids is 1. The van der Waals surface area contributed by atoms with E-state index < -0.39 is 12.1 Å². The number of ether oxygens (including phenoxy) is 1. The van der Waals surface area contributed by atoms with Crippen molar-refractivity contribution in [1.29, 1.82) is 0 Å². The third-order valence-electron chi connectivity index (χ3n) is 3.00. The molecular weight excluding hydrogens is 240 g/mol. The van der Waals surface area contributed by atoms with Crippen molar-refractivity contribution >= 4 is 17.6 Å². The lowest BCUT2D eigenvalue weighted by atomic mass is 10.1. The summed E-state index contributed by atoms with van der Waals surface area (Å²) in [6.45, 7) is 0.962. The van der Waals surface area contributed by atoms with Crippen molar-refractivity contribution in [2.24, 2.45) is 5.16 Å². The van der Waals surface area contributed by atoms with Crippen molar-refractivity contribution in [2.75, 3.05) is 20.3 Å². The molecule has 1 unspecified atom stereocenters. The van der Waals surface area contributed by atoms with Gasteiger partial charge in [0.1, 0.15) is 0 Å². The van der Waals surface area contributed by atoms with Crippen LogP contribution in [-0.4, -0.2) is 60.0 Å². The first-order valence-corrected chi connectivity index (χ1v) is 5.89. The molecule has 18 heavy (non-hydrogen) atoms. The maximum absolute atomic E-state index is 12.2. The number of nitrogens with zero attached hydrogens (tertiary/aromatic N) is 2. The summed E-state index contributed by atoms with van der Waals surface area (Å²) >= 11 is 0. The fraction of sp³-hybridized carbons (Fsp3) is 0.727. The Morgan fingerprint density at radius 1 is 1.56 bits per heavy atom. The molecule has 1 atom stereocenters. The molecule has 1 aliphatic carbocycles. The van der Waals surface area contributed by atoms with Gasteiger partial charge in [0.25, 0.3) is 5.91 Å². The zero-order chi connectivity index (χ0) is 13.1. The molecule has 0 spiro atoms. The van der Waals surface area contributed by atoms with Crippen molar-refractivity contribution in [3.8, 4) is 0 Å². The van der Waals surface area contributed by atoms with Crippen LogP contribution in [0.25, 0.3) is 0 Å². The SMILES string of the molecule is COCCN(C(=O)C1CC(C(=O)O)=NO1)C1CC1. The van der Waals surface area contributed by atoms with Crippen LogP contribution < -0.4 is 0 Å². The summed E-state index contributed by atoms with van der Waals surface area (Å²) in [6.07, 6.45) is 1.20. The van der Waals surface area contributed by atoms with Crippen LogP contribution in [0.5, 0.6) is 0 Å². The Morgan fingerprint density at radius 2 is 2.28 bits per heavy atom. The number of carboxylic acids is 1. The molecule has 0 aromatic carbocycles. The van der Waals surface area contributed by atoms with E-state index in [0.29, 0.717) is 13.2 Å². The molecule has 7 heteroatoms. The van der Waals surface area contributed by atoms with Crippen LogP contribution in [0.15, 0.2) is 5.16 Å². The molecule has 0 bridgehead atoms. The predicted octanol–water partition coefficient (Wildman–Crippen LogP) is -0.147. The van der Waals surface area contributed by atoms with E-state index in [-0.39, 0.29) is 24.1 Å². The van der Waals surface area contributed by atoms with E-state index in [1.165, 1.54) is 0 Å². The molecule has 2 rings (SSSR count). The van der Waals surface area contributed by atoms with Crippen LogP contribution in [0.2, 0.25) is 0 Å². The average Bonchev–Trinajstić information content (AvgIpc) is 3.05. The third-order valence-corrected chi connectivity index (χ3v) is 3.00. The normalized spacial score (nSPS) is 22.3. The van der Waals surface area contributed by atoms with E-state index in [1.54, 1.807) is 12.0 Å². The zero-order valence-electron chi connectivity index (χ0n) is 10.2. The zero-order valence-corrected chi connectivity index (χ0v) is 10.2. The summed E-state index contributed by atoms with van der Waals surface area (Å²) in [6, 6.07) is 0.241. The first kappa shape index (κ1) is 12.8. The predicted molar refractivity (Wildman–Crippen MR) is 61.2 cm³/mol. The van der Waals surface area contributed by atoms with Crippen LogP contribution in [-0.2, 0) is 19.2 Å². The van der Waals surface area contributed by atoms with Crippen molar-refractivity contribution in [3.05, 3.63) is 0 Å². The summed E-state index contributed by atoms with van der Waals surface area (Å²) in [5.41, 5.74) is -0.101. The van der Waals surface area contributed by atoms with Crippen LogP contribution in [0.4, 0.5) is 0 Å². The molecule has 1 N–H and O–H groups in total. The lowest BCUT2D eigenvalue weighted by molar-refractivity contribution is -0.143. The molecule has 0 aromatic rings. The molecule has 0 saturated heterocycles. The van der Waals surface area contributed by atoms with Gasteiger partial charge in [-0.25, -0.2) is 4.79 Å². The molecule has 0 radical (unpaired) electrons. The Hall–Kier alpha value is -1.63. The average molecular weight is 256 g/mol. The highest BCUT2D eigenvalue weighted by molar-refractivity contribution is 6.36. The number of hydrogen-bond acceptors (Lipinski definition) is 5. The maximum Gasteiger partial charge on any atom is 0.353 e. The first-order valence-electron chi connectivity index (χ1n) is 5.89. The monoisotopic (exact) mass is 256 g/mol. The fourth-order valence-electron chi connectivity index (χ4n) is 1.87.